The maximum Gasteiger partial charge on any atom is 0.260 e. The van der Waals surface area contributed by atoms with Crippen LogP contribution in [-0.2, 0) is 9.59 Å². The van der Waals surface area contributed by atoms with Crippen LogP contribution in [0.1, 0.15) is 12.0 Å². The maximum atomic E-state index is 11.7. The second kappa shape index (κ2) is 3.77. The lowest BCUT2D eigenvalue weighted by Crippen LogP contribution is -2.28. The molecule has 3 nitrogen and oxygen atoms in total. The van der Waals surface area contributed by atoms with Crippen molar-refractivity contribution in [2.75, 3.05) is 4.90 Å². The van der Waals surface area contributed by atoms with Gasteiger partial charge in [0.05, 0.1) is 12.1 Å². The van der Waals surface area contributed by atoms with E-state index in [0.717, 1.165) is 10.5 Å². The van der Waals surface area contributed by atoms with E-state index in [1.807, 2.05) is 12.1 Å². The Balaban J connectivity index is 2.37. The van der Waals surface area contributed by atoms with Crippen molar-refractivity contribution in [1.82, 2.24) is 0 Å². The summed E-state index contributed by atoms with van der Waals surface area (Å²) in [7, 11) is 0. The molecule has 3 heteroatoms. The van der Waals surface area contributed by atoms with E-state index in [-0.39, 0.29) is 18.2 Å². The Morgan fingerprint density at radius 3 is 2.25 bits per heavy atom. The first-order valence-corrected chi connectivity index (χ1v) is 4.91. The largest absolute Gasteiger partial charge is 0.274 e. The second-order valence-corrected chi connectivity index (χ2v) is 3.61. The zero-order chi connectivity index (χ0) is 11.7. The Kier molecular flexibility index (Phi) is 2.44. The smallest absolute Gasteiger partial charge is 0.260 e. The van der Waals surface area contributed by atoms with Gasteiger partial charge in [-0.2, -0.15) is 0 Å². The number of amides is 2. The Morgan fingerprint density at radius 1 is 1.19 bits per heavy atom. The zero-order valence-corrected chi connectivity index (χ0v) is 8.77. The van der Waals surface area contributed by atoms with Crippen LogP contribution in [0, 0.1) is 0 Å². The van der Waals surface area contributed by atoms with E-state index in [1.54, 1.807) is 18.2 Å². The van der Waals surface area contributed by atoms with Crippen LogP contribution in [0.2, 0.25) is 0 Å². The fourth-order valence-electron chi connectivity index (χ4n) is 1.63. The lowest BCUT2D eigenvalue weighted by Gasteiger charge is -2.13. The summed E-state index contributed by atoms with van der Waals surface area (Å²) in [6.45, 7) is 7.21. The van der Waals surface area contributed by atoms with Gasteiger partial charge in [0.15, 0.2) is 0 Å². The van der Waals surface area contributed by atoms with Gasteiger partial charge in [-0.3, -0.25) is 9.59 Å². The molecule has 0 saturated carbocycles. The van der Waals surface area contributed by atoms with Crippen LogP contribution in [-0.4, -0.2) is 11.8 Å². The molecule has 80 valence electrons. The number of hydrogen-bond donors (Lipinski definition) is 0. The standard InChI is InChI=1S/C13H11NO2/c1-3-10-4-6-11(7-5-10)14-12(15)8-9(2)13(14)16/h3-7H,1-2,8H2. The minimum atomic E-state index is -0.309. The molecule has 1 aromatic rings. The lowest BCUT2D eigenvalue weighted by atomic mass is 10.2. The number of nitrogens with zero attached hydrogens (tertiary/aromatic N) is 1. The number of anilines is 1. The molecule has 0 spiro atoms. The Hall–Kier alpha value is -2.16. The number of rotatable bonds is 2. The van der Waals surface area contributed by atoms with Crippen LogP contribution in [0.25, 0.3) is 6.08 Å². The Bertz CT molecular complexity index is 485. The molecule has 2 amide bonds. The Labute approximate surface area is 93.7 Å². The van der Waals surface area contributed by atoms with E-state index < -0.39 is 0 Å². The van der Waals surface area contributed by atoms with Crippen LogP contribution < -0.4 is 4.90 Å². The van der Waals surface area contributed by atoms with Crippen molar-refractivity contribution in [3.8, 4) is 0 Å². The van der Waals surface area contributed by atoms with Crippen LogP contribution in [0.15, 0.2) is 43.0 Å². The number of hydrogen-bond acceptors (Lipinski definition) is 2. The fourth-order valence-corrected chi connectivity index (χ4v) is 1.63. The van der Waals surface area contributed by atoms with Crippen molar-refractivity contribution in [1.29, 1.82) is 0 Å². The van der Waals surface area contributed by atoms with Gasteiger partial charge in [0.25, 0.3) is 5.91 Å². The van der Waals surface area contributed by atoms with E-state index >= 15 is 0 Å². The summed E-state index contributed by atoms with van der Waals surface area (Å²) in [4.78, 5) is 24.4. The first kappa shape index (κ1) is 10.4. The van der Waals surface area contributed by atoms with E-state index in [9.17, 15) is 9.59 Å². The van der Waals surface area contributed by atoms with Gasteiger partial charge in [-0.15, -0.1) is 0 Å². The predicted octanol–water partition coefficient (Wildman–Crippen LogP) is 2.15. The summed E-state index contributed by atoms with van der Waals surface area (Å²) >= 11 is 0. The van der Waals surface area contributed by atoms with Crippen LogP contribution >= 0.6 is 0 Å². The first-order valence-electron chi connectivity index (χ1n) is 4.91. The average Bonchev–Trinajstić information content (AvgIpc) is 2.54. The van der Waals surface area contributed by atoms with Gasteiger partial charge in [0, 0.05) is 5.57 Å². The van der Waals surface area contributed by atoms with Gasteiger partial charge in [-0.05, 0) is 17.7 Å². The number of carbonyl (C=O) groups excluding carboxylic acids is 2. The highest BCUT2D eigenvalue weighted by Gasteiger charge is 2.33. The summed E-state index contributed by atoms with van der Waals surface area (Å²) in [6.07, 6.45) is 1.82. The number of imide groups is 1. The highest BCUT2D eigenvalue weighted by Crippen LogP contribution is 2.25. The number of benzene rings is 1. The minimum Gasteiger partial charge on any atom is -0.274 e. The molecule has 16 heavy (non-hydrogen) atoms. The third kappa shape index (κ3) is 1.56. The quantitative estimate of drug-likeness (QED) is 0.557. The van der Waals surface area contributed by atoms with Crippen molar-refractivity contribution in [3.63, 3.8) is 0 Å². The van der Waals surface area contributed by atoms with Crippen molar-refractivity contribution in [2.45, 2.75) is 6.42 Å². The molecule has 1 aliphatic rings. The minimum absolute atomic E-state index is 0.113. The normalized spacial score (nSPS) is 15.8. The van der Waals surface area contributed by atoms with E-state index in [4.69, 9.17) is 0 Å². The molecule has 0 aliphatic carbocycles. The third-order valence-electron chi connectivity index (χ3n) is 2.51. The van der Waals surface area contributed by atoms with Crippen molar-refractivity contribution < 1.29 is 9.59 Å². The van der Waals surface area contributed by atoms with Gasteiger partial charge < -0.3 is 0 Å². The summed E-state index contributed by atoms with van der Waals surface area (Å²) in [5.41, 5.74) is 1.87. The molecule has 0 bridgehead atoms. The average molecular weight is 213 g/mol. The SMILES string of the molecule is C=Cc1ccc(N2C(=O)CC(=C)C2=O)cc1. The third-order valence-corrected chi connectivity index (χ3v) is 2.51. The molecule has 1 heterocycles. The van der Waals surface area contributed by atoms with E-state index in [2.05, 4.69) is 13.2 Å². The predicted molar refractivity (Wildman–Crippen MR) is 62.8 cm³/mol. The molecule has 0 aromatic heterocycles. The number of carbonyl (C=O) groups is 2. The molecule has 2 rings (SSSR count). The molecule has 0 atom stereocenters. The first-order chi connectivity index (χ1) is 7.63. The molecule has 1 fully saturated rings. The monoisotopic (exact) mass is 213 g/mol. The van der Waals surface area contributed by atoms with Crippen molar-refractivity contribution in [3.05, 3.63) is 48.6 Å². The van der Waals surface area contributed by atoms with Gasteiger partial charge in [0.1, 0.15) is 0 Å². The molecule has 0 unspecified atom stereocenters. The summed E-state index contributed by atoms with van der Waals surface area (Å²) in [6, 6.07) is 7.07. The van der Waals surface area contributed by atoms with Gasteiger partial charge >= 0.3 is 0 Å². The summed E-state index contributed by atoms with van der Waals surface area (Å²) in [5.74, 6) is -0.530. The van der Waals surface area contributed by atoms with Gasteiger partial charge in [0.2, 0.25) is 5.91 Å². The fraction of sp³-hybridized carbons (Fsp3) is 0.0769. The molecular formula is C13H11NO2. The van der Waals surface area contributed by atoms with Crippen molar-refractivity contribution in [2.24, 2.45) is 0 Å². The van der Waals surface area contributed by atoms with Crippen LogP contribution in [0.5, 0.6) is 0 Å². The highest BCUT2D eigenvalue weighted by molar-refractivity contribution is 6.27. The van der Waals surface area contributed by atoms with Gasteiger partial charge in [-0.1, -0.05) is 31.4 Å². The molecule has 1 aromatic carbocycles. The highest BCUT2D eigenvalue weighted by atomic mass is 16.2. The Morgan fingerprint density at radius 2 is 1.81 bits per heavy atom. The topological polar surface area (TPSA) is 37.4 Å². The maximum absolute atomic E-state index is 11.7. The molecule has 1 saturated heterocycles. The second-order valence-electron chi connectivity index (χ2n) is 3.61. The van der Waals surface area contributed by atoms with Crippen molar-refractivity contribution >= 4 is 23.6 Å². The lowest BCUT2D eigenvalue weighted by molar-refractivity contribution is -0.120. The van der Waals surface area contributed by atoms with Gasteiger partial charge in [-0.25, -0.2) is 4.90 Å². The van der Waals surface area contributed by atoms with E-state index in [1.165, 1.54) is 0 Å². The summed E-state index contributed by atoms with van der Waals surface area (Å²) < 4.78 is 0. The zero-order valence-electron chi connectivity index (χ0n) is 8.77. The van der Waals surface area contributed by atoms with Crippen LogP contribution in [0.3, 0.4) is 0 Å². The molecule has 0 radical (unpaired) electrons. The van der Waals surface area contributed by atoms with E-state index in [0.29, 0.717) is 11.3 Å². The molecule has 1 aliphatic heterocycles. The van der Waals surface area contributed by atoms with Crippen LogP contribution in [0.4, 0.5) is 5.69 Å². The molecular weight excluding hydrogens is 202 g/mol. The molecule has 0 N–H and O–H groups in total. The summed E-state index contributed by atoms with van der Waals surface area (Å²) in [5, 5.41) is 0.